The van der Waals surface area contributed by atoms with E-state index in [-0.39, 0.29) is 5.91 Å². The Balaban J connectivity index is 1.45. The van der Waals surface area contributed by atoms with Crippen LogP contribution in [-0.4, -0.2) is 58.4 Å². The third-order valence-electron chi connectivity index (χ3n) is 5.41. The van der Waals surface area contributed by atoms with Gasteiger partial charge in [-0.2, -0.15) is 5.10 Å². The summed E-state index contributed by atoms with van der Waals surface area (Å²) in [4.78, 5) is 21.5. The van der Waals surface area contributed by atoms with Gasteiger partial charge in [-0.15, -0.1) is 0 Å². The summed E-state index contributed by atoms with van der Waals surface area (Å²) in [5.41, 5.74) is 3.87. The second-order valence-electron chi connectivity index (χ2n) is 7.36. The lowest BCUT2D eigenvalue weighted by atomic mass is 10.1. The molecule has 4 rings (SSSR count). The highest BCUT2D eigenvalue weighted by atomic mass is 16.5. The van der Waals surface area contributed by atoms with Crippen molar-refractivity contribution in [3.05, 3.63) is 65.6 Å². The Labute approximate surface area is 176 Å². The molecule has 1 aliphatic rings. The van der Waals surface area contributed by atoms with E-state index in [0.717, 1.165) is 41.7 Å². The SMILES string of the molecule is CCOc1ccc(C(=O)N2CCN(c3c(C)nn(-c4ccccn4)c3C)CC2)cc1. The maximum Gasteiger partial charge on any atom is 0.253 e. The third-order valence-corrected chi connectivity index (χ3v) is 5.41. The van der Waals surface area contributed by atoms with Crippen molar-refractivity contribution < 1.29 is 9.53 Å². The minimum Gasteiger partial charge on any atom is -0.494 e. The number of pyridine rings is 1. The van der Waals surface area contributed by atoms with Gasteiger partial charge in [0.25, 0.3) is 5.91 Å². The zero-order chi connectivity index (χ0) is 21.1. The number of rotatable bonds is 5. The number of aromatic nitrogens is 3. The van der Waals surface area contributed by atoms with Gasteiger partial charge in [0.15, 0.2) is 5.82 Å². The molecule has 0 saturated carbocycles. The topological polar surface area (TPSA) is 63.5 Å². The van der Waals surface area contributed by atoms with Gasteiger partial charge in [0.1, 0.15) is 5.75 Å². The van der Waals surface area contributed by atoms with Gasteiger partial charge in [0, 0.05) is 37.9 Å². The van der Waals surface area contributed by atoms with Crippen molar-refractivity contribution in [1.29, 1.82) is 0 Å². The normalized spacial score (nSPS) is 14.1. The predicted molar refractivity (Wildman–Crippen MR) is 117 cm³/mol. The molecule has 1 saturated heterocycles. The lowest BCUT2D eigenvalue weighted by molar-refractivity contribution is 0.0746. The summed E-state index contributed by atoms with van der Waals surface area (Å²) in [6.07, 6.45) is 1.77. The van der Waals surface area contributed by atoms with E-state index in [2.05, 4.69) is 16.8 Å². The maximum absolute atomic E-state index is 12.9. The number of carbonyl (C=O) groups excluding carboxylic acids is 1. The summed E-state index contributed by atoms with van der Waals surface area (Å²) in [6.45, 7) is 9.57. The van der Waals surface area contributed by atoms with E-state index >= 15 is 0 Å². The molecule has 1 aliphatic heterocycles. The van der Waals surface area contributed by atoms with E-state index in [4.69, 9.17) is 9.84 Å². The summed E-state index contributed by atoms with van der Waals surface area (Å²) in [5.74, 6) is 1.67. The Hall–Kier alpha value is -3.35. The molecule has 30 heavy (non-hydrogen) atoms. The minimum absolute atomic E-state index is 0.0651. The Morgan fingerprint density at radius 3 is 2.40 bits per heavy atom. The molecule has 0 aliphatic carbocycles. The molecule has 0 spiro atoms. The minimum atomic E-state index is 0.0651. The van der Waals surface area contributed by atoms with Gasteiger partial charge in [-0.1, -0.05) is 6.07 Å². The van der Waals surface area contributed by atoms with Crippen LogP contribution in [0.3, 0.4) is 0 Å². The van der Waals surface area contributed by atoms with Gasteiger partial charge in [0.05, 0.1) is 23.7 Å². The third kappa shape index (κ3) is 3.87. The van der Waals surface area contributed by atoms with E-state index in [1.54, 1.807) is 6.20 Å². The summed E-state index contributed by atoms with van der Waals surface area (Å²) in [7, 11) is 0. The van der Waals surface area contributed by atoms with E-state index in [1.807, 2.05) is 65.9 Å². The van der Waals surface area contributed by atoms with Crippen LogP contribution in [-0.2, 0) is 0 Å². The van der Waals surface area contributed by atoms with Crippen molar-refractivity contribution in [2.75, 3.05) is 37.7 Å². The standard InChI is InChI=1S/C23H27N5O2/c1-4-30-20-10-8-19(9-11-20)23(29)27-15-13-26(14-16-27)22-17(2)25-28(18(22)3)21-7-5-6-12-24-21/h5-12H,4,13-16H2,1-3H3. The molecule has 1 fully saturated rings. The molecule has 0 atom stereocenters. The highest BCUT2D eigenvalue weighted by Gasteiger charge is 2.26. The summed E-state index contributed by atoms with van der Waals surface area (Å²) < 4.78 is 7.35. The molecule has 0 radical (unpaired) electrons. The number of ether oxygens (including phenoxy) is 1. The maximum atomic E-state index is 12.9. The van der Waals surface area contributed by atoms with Gasteiger partial charge < -0.3 is 14.5 Å². The highest BCUT2D eigenvalue weighted by Crippen LogP contribution is 2.27. The lowest BCUT2D eigenvalue weighted by Gasteiger charge is -2.36. The van der Waals surface area contributed by atoms with E-state index in [0.29, 0.717) is 25.3 Å². The fourth-order valence-electron chi connectivity index (χ4n) is 3.97. The Morgan fingerprint density at radius 1 is 1.03 bits per heavy atom. The molecule has 1 aromatic carbocycles. The molecule has 156 valence electrons. The van der Waals surface area contributed by atoms with Crippen LogP contribution in [0, 0.1) is 13.8 Å². The van der Waals surface area contributed by atoms with Gasteiger partial charge in [0.2, 0.25) is 0 Å². The van der Waals surface area contributed by atoms with Gasteiger partial charge >= 0.3 is 0 Å². The second-order valence-corrected chi connectivity index (χ2v) is 7.36. The van der Waals surface area contributed by atoms with Crippen LogP contribution in [0.15, 0.2) is 48.7 Å². The van der Waals surface area contributed by atoms with Crippen LogP contribution in [0.25, 0.3) is 5.82 Å². The smallest absolute Gasteiger partial charge is 0.253 e. The Bertz CT molecular complexity index is 1010. The first-order valence-corrected chi connectivity index (χ1v) is 10.3. The fraction of sp³-hybridized carbons (Fsp3) is 0.348. The Morgan fingerprint density at radius 2 is 1.77 bits per heavy atom. The predicted octanol–water partition coefficient (Wildman–Crippen LogP) is 3.25. The Kier molecular flexibility index (Phi) is 5.70. The van der Waals surface area contributed by atoms with Crippen molar-refractivity contribution >= 4 is 11.6 Å². The molecule has 0 bridgehead atoms. The van der Waals surface area contributed by atoms with Crippen molar-refractivity contribution in [2.45, 2.75) is 20.8 Å². The van der Waals surface area contributed by atoms with Crippen LogP contribution in [0.5, 0.6) is 5.75 Å². The molecule has 7 nitrogen and oxygen atoms in total. The van der Waals surface area contributed by atoms with Crippen LogP contribution in [0.2, 0.25) is 0 Å². The van der Waals surface area contributed by atoms with Gasteiger partial charge in [-0.05, 0) is 57.2 Å². The van der Waals surface area contributed by atoms with Crippen molar-refractivity contribution in [1.82, 2.24) is 19.7 Å². The van der Waals surface area contributed by atoms with Crippen molar-refractivity contribution in [2.24, 2.45) is 0 Å². The molecule has 0 N–H and O–H groups in total. The number of piperazine rings is 1. The number of hydrogen-bond donors (Lipinski definition) is 0. The first kappa shape index (κ1) is 19.9. The van der Waals surface area contributed by atoms with Crippen LogP contribution in [0.4, 0.5) is 5.69 Å². The van der Waals surface area contributed by atoms with Crippen LogP contribution >= 0.6 is 0 Å². The number of amides is 1. The number of aryl methyl sites for hydroxylation is 1. The first-order chi connectivity index (χ1) is 14.6. The summed E-state index contributed by atoms with van der Waals surface area (Å²) in [5, 5.41) is 4.70. The highest BCUT2D eigenvalue weighted by molar-refractivity contribution is 5.94. The van der Waals surface area contributed by atoms with E-state index in [9.17, 15) is 4.79 Å². The number of anilines is 1. The van der Waals surface area contributed by atoms with Gasteiger partial charge in [-0.25, -0.2) is 9.67 Å². The number of nitrogens with zero attached hydrogens (tertiary/aromatic N) is 5. The largest absolute Gasteiger partial charge is 0.494 e. The molecule has 3 heterocycles. The first-order valence-electron chi connectivity index (χ1n) is 10.3. The fourth-order valence-corrected chi connectivity index (χ4v) is 3.97. The molecule has 1 amide bonds. The molecule has 3 aromatic rings. The van der Waals surface area contributed by atoms with Crippen molar-refractivity contribution in [3.8, 4) is 11.6 Å². The molecular formula is C23H27N5O2. The van der Waals surface area contributed by atoms with Crippen LogP contribution in [0.1, 0.15) is 28.7 Å². The van der Waals surface area contributed by atoms with Gasteiger partial charge in [-0.3, -0.25) is 4.79 Å². The summed E-state index contributed by atoms with van der Waals surface area (Å²) >= 11 is 0. The second kappa shape index (κ2) is 8.57. The average molecular weight is 406 g/mol. The molecule has 2 aromatic heterocycles. The molecule has 0 unspecified atom stereocenters. The lowest BCUT2D eigenvalue weighted by Crippen LogP contribution is -2.49. The summed E-state index contributed by atoms with van der Waals surface area (Å²) in [6, 6.07) is 13.2. The monoisotopic (exact) mass is 405 g/mol. The van der Waals surface area contributed by atoms with E-state index < -0.39 is 0 Å². The number of carbonyl (C=O) groups is 1. The van der Waals surface area contributed by atoms with Crippen molar-refractivity contribution in [3.63, 3.8) is 0 Å². The number of benzene rings is 1. The quantitative estimate of drug-likeness (QED) is 0.652. The van der Waals surface area contributed by atoms with E-state index in [1.165, 1.54) is 0 Å². The number of hydrogen-bond acceptors (Lipinski definition) is 5. The van der Waals surface area contributed by atoms with Crippen LogP contribution < -0.4 is 9.64 Å². The average Bonchev–Trinajstić information content (AvgIpc) is 3.08. The zero-order valence-electron chi connectivity index (χ0n) is 17.7. The molecular weight excluding hydrogens is 378 g/mol. The molecule has 7 heteroatoms. The zero-order valence-corrected chi connectivity index (χ0v) is 17.7.